The molecular weight excluding hydrogens is 255 g/mol. The van der Waals surface area contributed by atoms with E-state index in [0.29, 0.717) is 5.82 Å². The minimum absolute atomic E-state index is 0.275. The smallest absolute Gasteiger partial charge is 0.131 e. The van der Waals surface area contributed by atoms with E-state index < -0.39 is 0 Å². The van der Waals surface area contributed by atoms with E-state index in [9.17, 15) is 4.39 Å². The summed E-state index contributed by atoms with van der Waals surface area (Å²) in [5.74, 6) is 0.170. The zero-order valence-corrected chi connectivity index (χ0v) is 10.9. The molecule has 0 aliphatic rings. The summed E-state index contributed by atoms with van der Waals surface area (Å²) in [6.45, 7) is 1.92. The van der Waals surface area contributed by atoms with Crippen LogP contribution in [0, 0.1) is 12.7 Å². The van der Waals surface area contributed by atoms with Crippen LogP contribution in [0.1, 0.15) is 5.69 Å². The maximum absolute atomic E-state index is 13.0. The molecule has 100 valence electrons. The molecular formula is C15H13FN4. The lowest BCUT2D eigenvalue weighted by Crippen LogP contribution is -1.94. The number of hydrogen-bond acceptors (Lipinski definition) is 3. The lowest BCUT2D eigenvalue weighted by molar-refractivity contribution is 0.628. The van der Waals surface area contributed by atoms with Crippen molar-refractivity contribution in [2.75, 3.05) is 5.73 Å². The number of pyridine rings is 1. The number of nitrogens with two attached hydrogens (primary N) is 1. The molecule has 0 aliphatic carbocycles. The van der Waals surface area contributed by atoms with Crippen LogP contribution in [0.3, 0.4) is 0 Å². The molecule has 3 N–H and O–H groups in total. The number of benzene rings is 1. The van der Waals surface area contributed by atoms with Crippen LogP contribution in [0.4, 0.5) is 10.2 Å². The van der Waals surface area contributed by atoms with E-state index in [1.807, 2.05) is 19.1 Å². The molecule has 2 heterocycles. The molecule has 1 aromatic carbocycles. The van der Waals surface area contributed by atoms with Gasteiger partial charge in [-0.25, -0.2) is 9.37 Å². The first kappa shape index (κ1) is 12.3. The predicted octanol–water partition coefficient (Wildman–Crippen LogP) is 3.17. The van der Waals surface area contributed by atoms with Gasteiger partial charge in [0.25, 0.3) is 0 Å². The number of nitrogens with zero attached hydrogens (tertiary/aromatic N) is 2. The summed E-state index contributed by atoms with van der Waals surface area (Å²) >= 11 is 0. The van der Waals surface area contributed by atoms with Gasteiger partial charge < -0.3 is 5.73 Å². The fourth-order valence-corrected chi connectivity index (χ4v) is 2.20. The van der Waals surface area contributed by atoms with Gasteiger partial charge in [0.2, 0.25) is 0 Å². The highest BCUT2D eigenvalue weighted by Crippen LogP contribution is 2.35. The number of nitrogens with one attached hydrogen (secondary N) is 1. The first-order valence-electron chi connectivity index (χ1n) is 6.18. The zero-order valence-electron chi connectivity index (χ0n) is 10.9. The van der Waals surface area contributed by atoms with Crippen molar-refractivity contribution < 1.29 is 4.39 Å². The van der Waals surface area contributed by atoms with Gasteiger partial charge in [0.15, 0.2) is 0 Å². The molecule has 4 nitrogen and oxygen atoms in total. The molecule has 0 unspecified atom stereocenters. The Bertz CT molecular complexity index is 747. The first-order valence-corrected chi connectivity index (χ1v) is 6.18. The highest BCUT2D eigenvalue weighted by molar-refractivity contribution is 5.86. The summed E-state index contributed by atoms with van der Waals surface area (Å²) in [5.41, 5.74) is 10.1. The van der Waals surface area contributed by atoms with E-state index in [0.717, 1.165) is 28.1 Å². The van der Waals surface area contributed by atoms with Crippen molar-refractivity contribution in [3.63, 3.8) is 0 Å². The number of aryl methyl sites for hydroxylation is 1. The number of H-pyrrole nitrogens is 1. The molecule has 0 atom stereocenters. The fraction of sp³-hybridized carbons (Fsp3) is 0.0667. The standard InChI is InChI=1S/C15H13FN4/c1-9-13(12-3-2-8-18-15(12)17)14(20-19-9)10-4-6-11(16)7-5-10/h2-8H,1H3,(H2,17,18)(H,19,20). The van der Waals surface area contributed by atoms with Crippen LogP contribution in [0.15, 0.2) is 42.6 Å². The van der Waals surface area contributed by atoms with Crippen molar-refractivity contribution in [3.8, 4) is 22.4 Å². The molecule has 0 bridgehead atoms. The van der Waals surface area contributed by atoms with E-state index >= 15 is 0 Å². The van der Waals surface area contributed by atoms with Crippen LogP contribution in [0.5, 0.6) is 0 Å². The minimum atomic E-state index is -0.275. The predicted molar refractivity (Wildman–Crippen MR) is 76.4 cm³/mol. The normalized spacial score (nSPS) is 10.7. The van der Waals surface area contributed by atoms with Crippen LogP contribution in [-0.4, -0.2) is 15.2 Å². The van der Waals surface area contributed by atoms with Crippen LogP contribution in [0.25, 0.3) is 22.4 Å². The molecule has 0 saturated carbocycles. The maximum atomic E-state index is 13.0. The lowest BCUT2D eigenvalue weighted by atomic mass is 10.00. The van der Waals surface area contributed by atoms with Gasteiger partial charge in [-0.1, -0.05) is 0 Å². The molecule has 20 heavy (non-hydrogen) atoms. The van der Waals surface area contributed by atoms with Crippen molar-refractivity contribution >= 4 is 5.82 Å². The molecule has 0 fully saturated rings. The van der Waals surface area contributed by atoms with Gasteiger partial charge in [0, 0.05) is 28.6 Å². The topological polar surface area (TPSA) is 67.6 Å². The second kappa shape index (κ2) is 4.77. The summed E-state index contributed by atoms with van der Waals surface area (Å²) in [6.07, 6.45) is 1.64. The highest BCUT2D eigenvalue weighted by Gasteiger charge is 2.16. The highest BCUT2D eigenvalue weighted by atomic mass is 19.1. The molecule has 3 aromatic rings. The third kappa shape index (κ3) is 2.03. The molecule has 0 radical (unpaired) electrons. The minimum Gasteiger partial charge on any atom is -0.383 e. The Labute approximate surface area is 115 Å². The number of aromatic amines is 1. The zero-order chi connectivity index (χ0) is 14.1. The summed E-state index contributed by atoms with van der Waals surface area (Å²) in [6, 6.07) is 9.94. The van der Waals surface area contributed by atoms with Crippen molar-refractivity contribution in [3.05, 3.63) is 54.1 Å². The number of aromatic nitrogens is 3. The average molecular weight is 268 g/mol. The Morgan fingerprint density at radius 2 is 1.90 bits per heavy atom. The Kier molecular flexibility index (Phi) is 2.95. The van der Waals surface area contributed by atoms with Gasteiger partial charge in [-0.05, 0) is 43.3 Å². The van der Waals surface area contributed by atoms with E-state index in [2.05, 4.69) is 15.2 Å². The molecule has 5 heteroatoms. The number of nitrogen functional groups attached to an aromatic ring is 1. The van der Waals surface area contributed by atoms with Gasteiger partial charge in [-0.15, -0.1) is 0 Å². The van der Waals surface area contributed by atoms with Crippen molar-refractivity contribution in [1.82, 2.24) is 15.2 Å². The molecule has 3 rings (SSSR count). The number of hydrogen-bond donors (Lipinski definition) is 2. The van der Waals surface area contributed by atoms with Crippen molar-refractivity contribution in [1.29, 1.82) is 0 Å². The lowest BCUT2D eigenvalue weighted by Gasteiger charge is -2.06. The molecule has 0 spiro atoms. The van der Waals surface area contributed by atoms with Crippen molar-refractivity contribution in [2.24, 2.45) is 0 Å². The van der Waals surface area contributed by atoms with Gasteiger partial charge in [-0.3, -0.25) is 5.10 Å². The SMILES string of the molecule is Cc1[nH]nc(-c2ccc(F)cc2)c1-c1cccnc1N. The number of anilines is 1. The average Bonchev–Trinajstić information content (AvgIpc) is 2.82. The molecule has 0 aliphatic heterocycles. The quantitative estimate of drug-likeness (QED) is 0.750. The largest absolute Gasteiger partial charge is 0.383 e. The monoisotopic (exact) mass is 268 g/mol. The second-order valence-corrected chi connectivity index (χ2v) is 4.52. The van der Waals surface area contributed by atoms with E-state index in [4.69, 9.17) is 5.73 Å². The van der Waals surface area contributed by atoms with E-state index in [-0.39, 0.29) is 5.82 Å². The van der Waals surface area contributed by atoms with Gasteiger partial charge in [0.05, 0.1) is 0 Å². The van der Waals surface area contributed by atoms with Gasteiger partial charge in [-0.2, -0.15) is 5.10 Å². The molecule has 2 aromatic heterocycles. The summed E-state index contributed by atoms with van der Waals surface area (Å²) in [4.78, 5) is 4.10. The van der Waals surface area contributed by atoms with Gasteiger partial charge >= 0.3 is 0 Å². The molecule has 0 amide bonds. The van der Waals surface area contributed by atoms with Crippen LogP contribution in [-0.2, 0) is 0 Å². The Morgan fingerprint density at radius 3 is 2.60 bits per heavy atom. The Morgan fingerprint density at radius 1 is 1.15 bits per heavy atom. The number of rotatable bonds is 2. The van der Waals surface area contributed by atoms with E-state index in [1.54, 1.807) is 18.3 Å². The van der Waals surface area contributed by atoms with Crippen LogP contribution < -0.4 is 5.73 Å². The van der Waals surface area contributed by atoms with Gasteiger partial charge in [0.1, 0.15) is 17.3 Å². The maximum Gasteiger partial charge on any atom is 0.131 e. The van der Waals surface area contributed by atoms with Crippen LogP contribution in [0.2, 0.25) is 0 Å². The molecule has 0 saturated heterocycles. The fourth-order valence-electron chi connectivity index (χ4n) is 2.20. The number of halogens is 1. The summed E-state index contributed by atoms with van der Waals surface area (Å²) < 4.78 is 13.0. The Hall–Kier alpha value is -2.69. The summed E-state index contributed by atoms with van der Waals surface area (Å²) in [7, 11) is 0. The first-order chi connectivity index (χ1) is 9.66. The second-order valence-electron chi connectivity index (χ2n) is 4.52. The Balaban J connectivity index is 2.20. The van der Waals surface area contributed by atoms with Crippen molar-refractivity contribution in [2.45, 2.75) is 6.92 Å². The summed E-state index contributed by atoms with van der Waals surface area (Å²) in [5, 5.41) is 7.25. The van der Waals surface area contributed by atoms with E-state index in [1.165, 1.54) is 12.1 Å². The van der Waals surface area contributed by atoms with Crippen LogP contribution >= 0.6 is 0 Å². The third-order valence-electron chi connectivity index (χ3n) is 3.17. The third-order valence-corrected chi connectivity index (χ3v) is 3.17.